The third kappa shape index (κ3) is 2.43. The number of carbonyl (C=O) groups excluding carboxylic acids is 2. The lowest BCUT2D eigenvalue weighted by molar-refractivity contribution is -0.124. The van der Waals surface area contributed by atoms with Crippen LogP contribution in [-0.4, -0.2) is 18.4 Å². The van der Waals surface area contributed by atoms with Crippen LogP contribution < -0.4 is 9.64 Å². The van der Waals surface area contributed by atoms with Gasteiger partial charge in [0.2, 0.25) is 11.8 Å². The summed E-state index contributed by atoms with van der Waals surface area (Å²) in [5.41, 5.74) is -0.184. The highest BCUT2D eigenvalue weighted by Gasteiger charge is 2.45. The van der Waals surface area contributed by atoms with Crippen molar-refractivity contribution in [2.45, 2.75) is 20.3 Å². The van der Waals surface area contributed by atoms with Crippen LogP contribution >= 0.6 is 0 Å². The number of imide groups is 1. The molecule has 1 aliphatic rings. The first kappa shape index (κ1) is 13.1. The van der Waals surface area contributed by atoms with Gasteiger partial charge in [-0.1, -0.05) is 19.9 Å². The van der Waals surface area contributed by atoms with Crippen molar-refractivity contribution in [2.75, 3.05) is 11.5 Å². The van der Waals surface area contributed by atoms with Crippen LogP contribution in [0.1, 0.15) is 20.3 Å². The van der Waals surface area contributed by atoms with Gasteiger partial charge in [-0.25, -0.2) is 4.90 Å². The van der Waals surface area contributed by atoms with Gasteiger partial charge < -0.3 is 4.74 Å². The van der Waals surface area contributed by atoms with E-state index in [1.807, 2.05) is 6.07 Å². The maximum Gasteiger partial charge on any atom is 0.239 e. The molecule has 2 amide bonds. The van der Waals surface area contributed by atoms with Gasteiger partial charge in [0.1, 0.15) is 11.8 Å². The molecule has 1 fully saturated rings. The van der Waals surface area contributed by atoms with Crippen LogP contribution in [-0.2, 0) is 9.59 Å². The van der Waals surface area contributed by atoms with Crippen molar-refractivity contribution in [3.05, 3.63) is 24.3 Å². The van der Waals surface area contributed by atoms with E-state index in [-0.39, 0.29) is 24.8 Å². The molecule has 1 aromatic carbocycles. The Kier molecular flexibility index (Phi) is 3.26. The van der Waals surface area contributed by atoms with Gasteiger partial charge in [0.05, 0.1) is 11.1 Å². The third-order valence-electron chi connectivity index (χ3n) is 3.00. The first-order valence-corrected chi connectivity index (χ1v) is 5.93. The standard InChI is InChI=1S/C14H14N2O3/c1-14(2)9-12(17)16(13(14)18)10-4-3-5-11(8-10)19-7-6-15/h3-5,8H,7,9H2,1-2H3. The highest BCUT2D eigenvalue weighted by molar-refractivity contribution is 6.22. The number of rotatable bonds is 3. The van der Waals surface area contributed by atoms with E-state index in [9.17, 15) is 9.59 Å². The molecule has 0 radical (unpaired) electrons. The molecule has 0 aliphatic carbocycles. The van der Waals surface area contributed by atoms with Crippen molar-refractivity contribution >= 4 is 17.5 Å². The van der Waals surface area contributed by atoms with E-state index < -0.39 is 5.41 Å². The molecule has 0 saturated carbocycles. The van der Waals surface area contributed by atoms with E-state index >= 15 is 0 Å². The average Bonchev–Trinajstić information content (AvgIpc) is 2.56. The fraction of sp³-hybridized carbons (Fsp3) is 0.357. The number of ether oxygens (including phenoxy) is 1. The zero-order valence-electron chi connectivity index (χ0n) is 10.8. The Labute approximate surface area is 111 Å². The molecule has 1 aliphatic heterocycles. The number of hydrogen-bond acceptors (Lipinski definition) is 4. The average molecular weight is 258 g/mol. The Hall–Kier alpha value is -2.35. The minimum Gasteiger partial charge on any atom is -0.479 e. The van der Waals surface area contributed by atoms with Gasteiger partial charge in [-0.2, -0.15) is 5.26 Å². The number of hydrogen-bond donors (Lipinski definition) is 0. The molecule has 5 heteroatoms. The Morgan fingerprint density at radius 2 is 2.16 bits per heavy atom. The molecule has 2 rings (SSSR count). The number of carbonyl (C=O) groups is 2. The third-order valence-corrected chi connectivity index (χ3v) is 3.00. The second kappa shape index (κ2) is 4.73. The number of nitrogens with zero attached hydrogens (tertiary/aromatic N) is 2. The van der Waals surface area contributed by atoms with Gasteiger partial charge >= 0.3 is 0 Å². The second-order valence-electron chi connectivity index (χ2n) is 5.04. The lowest BCUT2D eigenvalue weighted by Crippen LogP contribution is -2.32. The molecule has 19 heavy (non-hydrogen) atoms. The summed E-state index contributed by atoms with van der Waals surface area (Å²) in [6.45, 7) is 3.43. The highest BCUT2D eigenvalue weighted by Crippen LogP contribution is 2.35. The molecule has 0 spiro atoms. The van der Waals surface area contributed by atoms with E-state index in [0.29, 0.717) is 11.4 Å². The quantitative estimate of drug-likeness (QED) is 0.776. The molecule has 1 heterocycles. The normalized spacial score (nSPS) is 17.4. The zero-order chi connectivity index (χ0) is 14.0. The van der Waals surface area contributed by atoms with Crippen molar-refractivity contribution in [3.63, 3.8) is 0 Å². The lowest BCUT2D eigenvalue weighted by Gasteiger charge is -2.18. The highest BCUT2D eigenvalue weighted by atomic mass is 16.5. The van der Waals surface area contributed by atoms with Crippen molar-refractivity contribution in [2.24, 2.45) is 5.41 Å². The van der Waals surface area contributed by atoms with Gasteiger partial charge in [-0.05, 0) is 12.1 Å². The molecule has 98 valence electrons. The molecule has 1 saturated heterocycles. The van der Waals surface area contributed by atoms with Crippen molar-refractivity contribution < 1.29 is 14.3 Å². The topological polar surface area (TPSA) is 70.4 Å². The molecule has 0 unspecified atom stereocenters. The van der Waals surface area contributed by atoms with Crippen LogP contribution in [0.4, 0.5) is 5.69 Å². The van der Waals surface area contributed by atoms with Crippen LogP contribution in [0, 0.1) is 16.7 Å². The van der Waals surface area contributed by atoms with Gasteiger partial charge in [-0.3, -0.25) is 9.59 Å². The van der Waals surface area contributed by atoms with Crippen molar-refractivity contribution in [3.8, 4) is 11.8 Å². The molecule has 0 atom stereocenters. The lowest BCUT2D eigenvalue weighted by atomic mass is 9.92. The van der Waals surface area contributed by atoms with E-state index in [1.165, 1.54) is 4.90 Å². The summed E-state index contributed by atoms with van der Waals surface area (Å²) < 4.78 is 5.17. The van der Waals surface area contributed by atoms with Gasteiger partial charge in [0.25, 0.3) is 0 Å². The molecule has 5 nitrogen and oxygen atoms in total. The summed E-state index contributed by atoms with van der Waals surface area (Å²) in [5, 5.41) is 8.47. The van der Waals surface area contributed by atoms with Gasteiger partial charge in [-0.15, -0.1) is 0 Å². The first-order chi connectivity index (χ1) is 8.95. The number of amides is 2. The fourth-order valence-electron chi connectivity index (χ4n) is 2.04. The first-order valence-electron chi connectivity index (χ1n) is 5.93. The largest absolute Gasteiger partial charge is 0.479 e. The van der Waals surface area contributed by atoms with Crippen LogP contribution in [0.3, 0.4) is 0 Å². The monoisotopic (exact) mass is 258 g/mol. The smallest absolute Gasteiger partial charge is 0.239 e. The predicted octanol–water partition coefficient (Wildman–Crippen LogP) is 1.88. The minimum absolute atomic E-state index is 0.0726. The maximum atomic E-state index is 12.2. The molecule has 0 bridgehead atoms. The summed E-state index contributed by atoms with van der Waals surface area (Å²) in [4.78, 5) is 25.3. The molecule has 0 aromatic heterocycles. The summed E-state index contributed by atoms with van der Waals surface area (Å²) in [7, 11) is 0. The second-order valence-corrected chi connectivity index (χ2v) is 5.04. The predicted molar refractivity (Wildman–Crippen MR) is 68.4 cm³/mol. The van der Waals surface area contributed by atoms with Crippen molar-refractivity contribution in [1.29, 1.82) is 5.26 Å². The molecular weight excluding hydrogens is 244 g/mol. The number of nitriles is 1. The number of anilines is 1. The minimum atomic E-state index is -0.666. The molecular formula is C14H14N2O3. The van der Waals surface area contributed by atoms with Crippen LogP contribution in [0.25, 0.3) is 0 Å². The van der Waals surface area contributed by atoms with Gasteiger partial charge in [0.15, 0.2) is 6.61 Å². The summed E-state index contributed by atoms with van der Waals surface area (Å²) >= 11 is 0. The Bertz CT molecular complexity index is 572. The van der Waals surface area contributed by atoms with E-state index in [0.717, 1.165) is 0 Å². The van der Waals surface area contributed by atoms with E-state index in [4.69, 9.17) is 10.00 Å². The zero-order valence-corrected chi connectivity index (χ0v) is 10.8. The van der Waals surface area contributed by atoms with Crippen molar-refractivity contribution in [1.82, 2.24) is 0 Å². The molecule has 1 aromatic rings. The Balaban J connectivity index is 2.30. The van der Waals surface area contributed by atoms with Gasteiger partial charge in [0, 0.05) is 12.5 Å². The van der Waals surface area contributed by atoms with Crippen LogP contribution in [0.2, 0.25) is 0 Å². The SMILES string of the molecule is CC1(C)CC(=O)N(c2cccc(OCC#N)c2)C1=O. The van der Waals surface area contributed by atoms with Crippen LogP contribution in [0.5, 0.6) is 5.75 Å². The number of benzene rings is 1. The summed E-state index contributed by atoms with van der Waals surface area (Å²) in [6, 6.07) is 8.50. The Morgan fingerprint density at radius 1 is 1.42 bits per heavy atom. The van der Waals surface area contributed by atoms with E-state index in [1.54, 1.807) is 38.1 Å². The Morgan fingerprint density at radius 3 is 2.74 bits per heavy atom. The van der Waals surface area contributed by atoms with E-state index in [2.05, 4.69) is 0 Å². The molecule has 0 N–H and O–H groups in total. The maximum absolute atomic E-state index is 12.2. The van der Waals surface area contributed by atoms with Crippen LogP contribution in [0.15, 0.2) is 24.3 Å². The fourth-order valence-corrected chi connectivity index (χ4v) is 2.04. The summed E-state index contributed by atoms with van der Waals surface area (Å²) in [5.74, 6) is 0.0340. The summed E-state index contributed by atoms with van der Waals surface area (Å²) in [6.07, 6.45) is 0.203.